The molecule has 2 heterocycles. The van der Waals surface area contributed by atoms with E-state index in [-0.39, 0.29) is 23.7 Å². The van der Waals surface area contributed by atoms with Gasteiger partial charge in [0.25, 0.3) is 11.8 Å². The number of nitrogens with zero attached hydrogens (tertiary/aromatic N) is 2. The molecular formula is C34H42F2N6O5. The number of nitrogens with one attached hydrogen (secondary N) is 3. The van der Waals surface area contributed by atoms with Crippen molar-refractivity contribution >= 4 is 23.5 Å². The molecule has 47 heavy (non-hydrogen) atoms. The highest BCUT2D eigenvalue weighted by molar-refractivity contribution is 5.96. The normalized spacial score (nSPS) is 16.4. The molecule has 13 heteroatoms. The van der Waals surface area contributed by atoms with Gasteiger partial charge in [-0.3, -0.25) is 14.5 Å². The number of likely N-dealkylation sites (tertiary alicyclic amines) is 1. The lowest BCUT2D eigenvalue weighted by Crippen LogP contribution is -2.50. The number of aromatic nitrogens is 1. The average Bonchev–Trinajstić information content (AvgIpc) is 3.04. The molecule has 3 aromatic rings. The van der Waals surface area contributed by atoms with Crippen LogP contribution < -0.4 is 26.4 Å². The minimum absolute atomic E-state index is 0.160. The van der Waals surface area contributed by atoms with Gasteiger partial charge in [-0.05, 0) is 61.6 Å². The molecule has 0 saturated carbocycles. The molecule has 2 aromatic carbocycles. The first-order valence-electron chi connectivity index (χ1n) is 15.7. The lowest BCUT2D eigenvalue weighted by atomic mass is 9.93. The first kappa shape index (κ1) is 35.2. The number of halogens is 2. The number of piperidine rings is 1. The van der Waals surface area contributed by atoms with Crippen LogP contribution in [0.25, 0.3) is 0 Å². The van der Waals surface area contributed by atoms with Gasteiger partial charge in [0.1, 0.15) is 17.4 Å². The van der Waals surface area contributed by atoms with Crippen molar-refractivity contribution in [3.05, 3.63) is 82.5 Å². The molecule has 4 amide bonds. The van der Waals surface area contributed by atoms with E-state index in [2.05, 4.69) is 32.8 Å². The van der Waals surface area contributed by atoms with E-state index in [4.69, 9.17) is 15.2 Å². The molecule has 1 aliphatic heterocycles. The summed E-state index contributed by atoms with van der Waals surface area (Å²) in [6.45, 7) is 6.25. The zero-order chi connectivity index (χ0) is 33.9. The fourth-order valence-electron chi connectivity index (χ4n) is 5.54. The average molecular weight is 653 g/mol. The van der Waals surface area contributed by atoms with Crippen molar-refractivity contribution in [2.45, 2.75) is 64.6 Å². The van der Waals surface area contributed by atoms with Crippen LogP contribution in [0.15, 0.2) is 48.7 Å². The second kappa shape index (κ2) is 16.8. The number of rotatable bonds is 14. The number of methoxy groups -OCH3 is 1. The van der Waals surface area contributed by atoms with Gasteiger partial charge in [0.05, 0.1) is 17.9 Å². The summed E-state index contributed by atoms with van der Waals surface area (Å²) in [5.41, 5.74) is 6.67. The molecule has 0 radical (unpaired) electrons. The van der Waals surface area contributed by atoms with Gasteiger partial charge >= 0.3 is 6.03 Å². The Kier molecular flexibility index (Phi) is 12.6. The highest BCUT2D eigenvalue weighted by Gasteiger charge is 2.29. The Hall–Kier alpha value is -4.62. The summed E-state index contributed by atoms with van der Waals surface area (Å²) in [7, 11) is 1.58. The van der Waals surface area contributed by atoms with Crippen LogP contribution in [0.1, 0.15) is 70.9 Å². The Morgan fingerprint density at radius 1 is 1.11 bits per heavy atom. The van der Waals surface area contributed by atoms with Crippen LogP contribution in [-0.4, -0.2) is 66.6 Å². The summed E-state index contributed by atoms with van der Waals surface area (Å²) in [4.78, 5) is 43.4. The summed E-state index contributed by atoms with van der Waals surface area (Å²) in [5, 5.41) is 8.07. The van der Waals surface area contributed by atoms with Crippen LogP contribution in [0.2, 0.25) is 0 Å². The SMILES string of the molecule is CCCCC1CC(NC(=O)Nc2cc(C(N)=O)c(F)cc2F)CCN1Cc1ccc(Oc2ccc(C(=O)NCCOC)cc2C)nc1. The number of anilines is 1. The van der Waals surface area contributed by atoms with Crippen molar-refractivity contribution < 1.29 is 32.6 Å². The van der Waals surface area contributed by atoms with Crippen molar-refractivity contribution in [1.29, 1.82) is 0 Å². The lowest BCUT2D eigenvalue weighted by Gasteiger charge is -2.40. The van der Waals surface area contributed by atoms with Crippen LogP contribution in [0.3, 0.4) is 0 Å². The molecule has 1 aliphatic rings. The zero-order valence-electron chi connectivity index (χ0n) is 26.9. The fraction of sp³-hybridized carbons (Fsp3) is 0.412. The fourth-order valence-corrected chi connectivity index (χ4v) is 5.54. The number of unbranched alkanes of at least 4 members (excludes halogenated alkanes) is 1. The van der Waals surface area contributed by atoms with E-state index in [0.717, 1.165) is 43.0 Å². The molecule has 5 N–H and O–H groups in total. The maximum absolute atomic E-state index is 14.3. The molecule has 4 rings (SSSR count). The van der Waals surface area contributed by atoms with E-state index < -0.39 is 29.1 Å². The lowest BCUT2D eigenvalue weighted by molar-refractivity contribution is 0.0936. The number of benzene rings is 2. The summed E-state index contributed by atoms with van der Waals surface area (Å²) in [5.74, 6) is -2.30. The third kappa shape index (κ3) is 9.93. The number of amides is 4. The Morgan fingerprint density at radius 3 is 2.60 bits per heavy atom. The van der Waals surface area contributed by atoms with Gasteiger partial charge in [-0.15, -0.1) is 0 Å². The highest BCUT2D eigenvalue weighted by atomic mass is 19.1. The summed E-state index contributed by atoms with van der Waals surface area (Å²) >= 11 is 0. The first-order chi connectivity index (χ1) is 22.6. The Labute approximate surface area is 273 Å². The molecule has 2 unspecified atom stereocenters. The second-order valence-electron chi connectivity index (χ2n) is 11.6. The number of aryl methyl sites for hydroxylation is 1. The van der Waals surface area contributed by atoms with E-state index in [9.17, 15) is 23.2 Å². The highest BCUT2D eigenvalue weighted by Crippen LogP contribution is 2.27. The number of urea groups is 1. The molecule has 0 aliphatic carbocycles. The second-order valence-corrected chi connectivity index (χ2v) is 11.6. The van der Waals surface area contributed by atoms with Crippen molar-refractivity contribution in [2.24, 2.45) is 5.73 Å². The molecule has 1 saturated heterocycles. The standard InChI is InChI=1S/C34H42F2N6O5/c1-4-5-6-25-16-24(40-34(45)41-29-17-26(32(37)43)27(35)18-28(29)36)11-13-42(25)20-22-7-10-31(39-19-22)47-30-9-8-23(15-21(30)2)33(44)38-12-14-46-3/h7-10,15,17-19,24-25H,4-6,11-14,16,20H2,1-3H3,(H2,37,43)(H,38,44)(H2,40,41,45). The van der Waals surface area contributed by atoms with Gasteiger partial charge in [0.2, 0.25) is 5.88 Å². The van der Waals surface area contributed by atoms with Gasteiger partial charge in [0, 0.05) is 62.7 Å². The van der Waals surface area contributed by atoms with E-state index >= 15 is 0 Å². The maximum Gasteiger partial charge on any atom is 0.319 e. The van der Waals surface area contributed by atoms with Crippen molar-refractivity contribution in [3.8, 4) is 11.6 Å². The topological polar surface area (TPSA) is 148 Å². The van der Waals surface area contributed by atoms with Gasteiger partial charge in [-0.25, -0.2) is 18.6 Å². The van der Waals surface area contributed by atoms with E-state index in [0.29, 0.717) is 55.8 Å². The predicted octanol–water partition coefficient (Wildman–Crippen LogP) is 5.28. The van der Waals surface area contributed by atoms with Crippen LogP contribution in [0.4, 0.5) is 19.3 Å². The minimum Gasteiger partial charge on any atom is -0.439 e. The summed E-state index contributed by atoms with van der Waals surface area (Å²) in [6, 6.07) is 9.83. The van der Waals surface area contributed by atoms with E-state index in [1.54, 1.807) is 31.5 Å². The van der Waals surface area contributed by atoms with E-state index in [1.165, 1.54) is 0 Å². The number of carbonyl (C=O) groups excluding carboxylic acids is 3. The van der Waals surface area contributed by atoms with Crippen molar-refractivity contribution in [2.75, 3.05) is 32.1 Å². The molecule has 1 fully saturated rings. The molecule has 2 atom stereocenters. The smallest absolute Gasteiger partial charge is 0.319 e. The number of hydrogen-bond acceptors (Lipinski definition) is 7. The van der Waals surface area contributed by atoms with Crippen LogP contribution >= 0.6 is 0 Å². The molecule has 11 nitrogen and oxygen atoms in total. The third-order valence-electron chi connectivity index (χ3n) is 8.06. The predicted molar refractivity (Wildman–Crippen MR) is 173 cm³/mol. The summed E-state index contributed by atoms with van der Waals surface area (Å²) < 4.78 is 39.1. The maximum atomic E-state index is 14.3. The van der Waals surface area contributed by atoms with E-state index in [1.807, 2.05) is 19.1 Å². The monoisotopic (exact) mass is 652 g/mol. The van der Waals surface area contributed by atoms with Gasteiger partial charge < -0.3 is 31.2 Å². The minimum atomic E-state index is -1.09. The molecular weight excluding hydrogens is 610 g/mol. The third-order valence-corrected chi connectivity index (χ3v) is 8.06. The molecule has 1 aromatic heterocycles. The zero-order valence-corrected chi connectivity index (χ0v) is 26.9. The van der Waals surface area contributed by atoms with Crippen molar-refractivity contribution in [3.63, 3.8) is 0 Å². The number of primary amides is 1. The van der Waals surface area contributed by atoms with Crippen molar-refractivity contribution in [1.82, 2.24) is 20.5 Å². The number of ether oxygens (including phenoxy) is 2. The number of pyridine rings is 1. The van der Waals surface area contributed by atoms with Crippen LogP contribution in [0, 0.1) is 18.6 Å². The van der Waals surface area contributed by atoms with Gasteiger partial charge in [-0.2, -0.15) is 0 Å². The molecule has 0 bridgehead atoms. The van der Waals surface area contributed by atoms with Gasteiger partial charge in [-0.1, -0.05) is 25.8 Å². The first-order valence-corrected chi connectivity index (χ1v) is 15.7. The van der Waals surface area contributed by atoms with Crippen LogP contribution in [-0.2, 0) is 11.3 Å². The van der Waals surface area contributed by atoms with Crippen LogP contribution in [0.5, 0.6) is 11.6 Å². The molecule has 0 spiro atoms. The number of carbonyl (C=O) groups is 3. The van der Waals surface area contributed by atoms with Gasteiger partial charge in [0.15, 0.2) is 0 Å². The Bertz CT molecular complexity index is 1550. The largest absolute Gasteiger partial charge is 0.439 e. The Balaban J connectivity index is 1.33. The summed E-state index contributed by atoms with van der Waals surface area (Å²) in [6.07, 6.45) is 6.15. The quantitative estimate of drug-likeness (QED) is 0.173. The Morgan fingerprint density at radius 2 is 1.91 bits per heavy atom. The molecule has 252 valence electrons. The number of hydrogen-bond donors (Lipinski definition) is 4. The number of nitrogens with two attached hydrogens (primary N) is 1.